The summed E-state index contributed by atoms with van der Waals surface area (Å²) in [5, 5.41) is 8.08. The van der Waals surface area contributed by atoms with Gasteiger partial charge in [-0.2, -0.15) is 11.8 Å². The third-order valence-electron chi connectivity index (χ3n) is 4.38. The van der Waals surface area contributed by atoms with Crippen molar-refractivity contribution in [3.8, 4) is 0 Å². The van der Waals surface area contributed by atoms with Crippen LogP contribution in [0.25, 0.3) is 11.0 Å². The Hall–Kier alpha value is -1.69. The first-order valence-corrected chi connectivity index (χ1v) is 9.18. The molecule has 0 spiro atoms. The van der Waals surface area contributed by atoms with Crippen LogP contribution in [0.1, 0.15) is 25.3 Å². The summed E-state index contributed by atoms with van der Waals surface area (Å²) in [6, 6.07) is 4.09. The molecule has 0 aromatic carbocycles. The quantitative estimate of drug-likeness (QED) is 0.582. The van der Waals surface area contributed by atoms with Crippen molar-refractivity contribution < 1.29 is 0 Å². The number of nitrogens with one attached hydrogen (secondary N) is 3. The minimum Gasteiger partial charge on any atom is -0.356 e. The smallest absolute Gasteiger partial charge is 0.191 e. The molecule has 0 amide bonds. The molecule has 3 rings (SSSR count). The normalized spacial score (nSPS) is 21.7. The molecule has 3 heterocycles. The number of aliphatic imine (C=N–C) groups is 1. The molecule has 2 aromatic heterocycles. The van der Waals surface area contributed by atoms with Crippen LogP contribution in [0.2, 0.25) is 0 Å². The fourth-order valence-corrected chi connectivity index (χ4v) is 4.25. The fraction of sp³-hybridized carbons (Fsp3) is 0.529. The van der Waals surface area contributed by atoms with Gasteiger partial charge in [0.05, 0.1) is 0 Å². The summed E-state index contributed by atoms with van der Waals surface area (Å²) in [6.45, 7) is 4.16. The highest BCUT2D eigenvalue weighted by molar-refractivity contribution is 8.00. The van der Waals surface area contributed by atoms with Crippen LogP contribution in [0.4, 0.5) is 0 Å². The van der Waals surface area contributed by atoms with Crippen LogP contribution in [0.5, 0.6) is 0 Å². The SMILES string of the molecule is CN=C(NCCc1c[nH]c2ncccc12)NCC1(C)CCCS1. The van der Waals surface area contributed by atoms with Crippen LogP contribution in [0.15, 0.2) is 29.5 Å². The molecule has 1 saturated heterocycles. The molecule has 0 bridgehead atoms. The molecule has 0 saturated carbocycles. The van der Waals surface area contributed by atoms with Crippen LogP contribution < -0.4 is 10.6 Å². The maximum atomic E-state index is 4.33. The van der Waals surface area contributed by atoms with Crippen molar-refractivity contribution in [2.75, 3.05) is 25.9 Å². The lowest BCUT2D eigenvalue weighted by Crippen LogP contribution is -2.44. The number of aromatic amines is 1. The van der Waals surface area contributed by atoms with Crippen LogP contribution in [-0.4, -0.2) is 46.6 Å². The lowest BCUT2D eigenvalue weighted by Gasteiger charge is -2.24. The number of pyridine rings is 1. The Labute approximate surface area is 141 Å². The summed E-state index contributed by atoms with van der Waals surface area (Å²) in [5.74, 6) is 2.16. The first-order chi connectivity index (χ1) is 11.2. The predicted molar refractivity (Wildman–Crippen MR) is 99.3 cm³/mol. The largest absolute Gasteiger partial charge is 0.356 e. The second kappa shape index (κ2) is 7.25. The molecule has 2 aromatic rings. The third-order valence-corrected chi connectivity index (χ3v) is 5.92. The number of nitrogens with zero attached hydrogens (tertiary/aromatic N) is 2. The van der Waals surface area contributed by atoms with Crippen LogP contribution >= 0.6 is 11.8 Å². The molecule has 0 radical (unpaired) electrons. The number of rotatable bonds is 5. The Bertz CT molecular complexity index is 672. The summed E-state index contributed by atoms with van der Waals surface area (Å²) in [7, 11) is 1.83. The number of aromatic nitrogens is 2. The van der Waals surface area contributed by atoms with E-state index in [9.17, 15) is 0 Å². The van der Waals surface area contributed by atoms with Gasteiger partial charge >= 0.3 is 0 Å². The topological polar surface area (TPSA) is 65.1 Å². The van der Waals surface area contributed by atoms with Crippen molar-refractivity contribution in [2.45, 2.75) is 30.9 Å². The van der Waals surface area contributed by atoms with E-state index in [2.05, 4.69) is 50.3 Å². The molecule has 0 aliphatic carbocycles. The second-order valence-corrected chi connectivity index (χ2v) is 7.90. The zero-order valence-corrected chi connectivity index (χ0v) is 14.7. The van der Waals surface area contributed by atoms with E-state index >= 15 is 0 Å². The average molecular weight is 331 g/mol. The lowest BCUT2D eigenvalue weighted by molar-refractivity contribution is 0.584. The van der Waals surface area contributed by atoms with E-state index in [1.165, 1.54) is 29.5 Å². The van der Waals surface area contributed by atoms with E-state index in [1.807, 2.05) is 25.5 Å². The predicted octanol–water partition coefficient (Wildman–Crippen LogP) is 2.56. The van der Waals surface area contributed by atoms with Gasteiger partial charge in [0.2, 0.25) is 0 Å². The highest BCUT2D eigenvalue weighted by atomic mass is 32.2. The van der Waals surface area contributed by atoms with E-state index in [1.54, 1.807) is 0 Å². The Kier molecular flexibility index (Phi) is 5.10. The molecular formula is C17H25N5S. The molecule has 6 heteroatoms. The molecule has 1 atom stereocenters. The maximum absolute atomic E-state index is 4.33. The van der Waals surface area contributed by atoms with Gasteiger partial charge in [-0.3, -0.25) is 4.99 Å². The van der Waals surface area contributed by atoms with Gasteiger partial charge in [-0.25, -0.2) is 4.98 Å². The van der Waals surface area contributed by atoms with E-state index < -0.39 is 0 Å². The van der Waals surface area contributed by atoms with Crippen molar-refractivity contribution in [1.29, 1.82) is 0 Å². The number of hydrogen-bond acceptors (Lipinski definition) is 3. The van der Waals surface area contributed by atoms with E-state index in [4.69, 9.17) is 0 Å². The Morgan fingerprint density at radius 2 is 2.39 bits per heavy atom. The van der Waals surface area contributed by atoms with Crippen LogP contribution in [0.3, 0.4) is 0 Å². The van der Waals surface area contributed by atoms with Gasteiger partial charge in [0.15, 0.2) is 5.96 Å². The molecule has 1 aliphatic rings. The zero-order valence-electron chi connectivity index (χ0n) is 13.9. The standard InChI is InChI=1S/C17H25N5S/c1-17(7-4-10-23-17)12-22-16(18-2)20-9-6-13-11-21-15-14(13)5-3-8-19-15/h3,5,8,11H,4,6-7,9-10,12H2,1-2H3,(H,19,21)(H2,18,20,22). The van der Waals surface area contributed by atoms with E-state index in [-0.39, 0.29) is 0 Å². The van der Waals surface area contributed by atoms with Crippen molar-refractivity contribution >= 4 is 28.8 Å². The van der Waals surface area contributed by atoms with Crippen molar-refractivity contribution in [2.24, 2.45) is 4.99 Å². The summed E-state index contributed by atoms with van der Waals surface area (Å²) in [6.07, 6.45) is 7.41. The number of hydrogen-bond donors (Lipinski definition) is 3. The molecule has 124 valence electrons. The van der Waals surface area contributed by atoms with Gasteiger partial charge < -0.3 is 15.6 Å². The molecule has 1 fully saturated rings. The number of guanidine groups is 1. The molecule has 3 N–H and O–H groups in total. The Morgan fingerprint density at radius 1 is 1.48 bits per heavy atom. The minimum atomic E-state index is 0.347. The fourth-order valence-electron chi connectivity index (χ4n) is 3.00. The Balaban J connectivity index is 1.48. The highest BCUT2D eigenvalue weighted by Gasteiger charge is 2.29. The molecule has 23 heavy (non-hydrogen) atoms. The summed E-state index contributed by atoms with van der Waals surface area (Å²) in [5.41, 5.74) is 2.24. The first-order valence-electron chi connectivity index (χ1n) is 8.20. The molecule has 5 nitrogen and oxygen atoms in total. The van der Waals surface area contributed by atoms with Crippen molar-refractivity contribution in [1.82, 2.24) is 20.6 Å². The van der Waals surface area contributed by atoms with Gasteiger partial charge in [-0.05, 0) is 49.6 Å². The number of fused-ring (bicyclic) bond motifs is 1. The van der Waals surface area contributed by atoms with Crippen molar-refractivity contribution in [3.63, 3.8) is 0 Å². The van der Waals surface area contributed by atoms with Gasteiger partial charge in [0.1, 0.15) is 5.65 Å². The summed E-state index contributed by atoms with van der Waals surface area (Å²) < 4.78 is 0.347. The molecule has 1 aliphatic heterocycles. The first kappa shape index (κ1) is 16.2. The zero-order chi connectivity index (χ0) is 16.1. The monoisotopic (exact) mass is 331 g/mol. The summed E-state index contributed by atoms with van der Waals surface area (Å²) >= 11 is 2.06. The van der Waals surface area contributed by atoms with Crippen molar-refractivity contribution in [3.05, 3.63) is 30.1 Å². The second-order valence-electron chi connectivity index (χ2n) is 6.22. The van der Waals surface area contributed by atoms with Crippen LogP contribution in [0, 0.1) is 0 Å². The number of thioether (sulfide) groups is 1. The van der Waals surface area contributed by atoms with Gasteiger partial charge in [0.25, 0.3) is 0 Å². The average Bonchev–Trinajstić information content (AvgIpc) is 3.18. The van der Waals surface area contributed by atoms with E-state index in [0.29, 0.717) is 4.75 Å². The molecule has 1 unspecified atom stereocenters. The van der Waals surface area contributed by atoms with Gasteiger partial charge in [0, 0.05) is 42.7 Å². The Morgan fingerprint density at radius 3 is 3.17 bits per heavy atom. The minimum absolute atomic E-state index is 0.347. The van der Waals surface area contributed by atoms with Crippen LogP contribution in [-0.2, 0) is 6.42 Å². The lowest BCUT2D eigenvalue weighted by atomic mass is 10.1. The summed E-state index contributed by atoms with van der Waals surface area (Å²) in [4.78, 5) is 11.9. The molecular weight excluding hydrogens is 306 g/mol. The third kappa shape index (κ3) is 3.99. The highest BCUT2D eigenvalue weighted by Crippen LogP contribution is 2.36. The van der Waals surface area contributed by atoms with Gasteiger partial charge in [-0.15, -0.1) is 0 Å². The van der Waals surface area contributed by atoms with E-state index in [0.717, 1.165) is 31.1 Å². The maximum Gasteiger partial charge on any atom is 0.191 e. The van der Waals surface area contributed by atoms with Gasteiger partial charge in [-0.1, -0.05) is 0 Å². The number of H-pyrrole nitrogens is 1.